The summed E-state index contributed by atoms with van der Waals surface area (Å²) in [5, 5.41) is 0. The predicted molar refractivity (Wildman–Crippen MR) is 102 cm³/mol. The number of H-pyrrole nitrogens is 1. The van der Waals surface area contributed by atoms with Crippen molar-refractivity contribution in [3.05, 3.63) is 64.3 Å². The summed E-state index contributed by atoms with van der Waals surface area (Å²) in [5.41, 5.74) is 0.137. The molecule has 0 aliphatic carbocycles. The number of rotatable bonds is 5. The first-order chi connectivity index (χ1) is 13.5. The average molecular weight is 381 g/mol. The number of aromatic nitrogens is 2. The summed E-state index contributed by atoms with van der Waals surface area (Å²) in [6.07, 6.45) is 5.18. The van der Waals surface area contributed by atoms with Gasteiger partial charge in [0.05, 0.1) is 18.2 Å². The van der Waals surface area contributed by atoms with Crippen molar-refractivity contribution in [3.63, 3.8) is 0 Å². The summed E-state index contributed by atoms with van der Waals surface area (Å²) in [6, 6.07) is 9.59. The quantitative estimate of drug-likeness (QED) is 0.799. The third kappa shape index (κ3) is 3.00. The van der Waals surface area contributed by atoms with Gasteiger partial charge in [-0.05, 0) is 38.2 Å². The summed E-state index contributed by atoms with van der Waals surface area (Å²) in [5.74, 6) is -0.485. The molecule has 2 saturated heterocycles. The molecular formula is C21H23N3O4. The van der Waals surface area contributed by atoms with E-state index in [1.54, 1.807) is 11.8 Å². The van der Waals surface area contributed by atoms with Crippen molar-refractivity contribution >= 4 is 11.9 Å². The van der Waals surface area contributed by atoms with Crippen molar-refractivity contribution in [2.45, 2.75) is 44.7 Å². The number of benzene rings is 1. The van der Waals surface area contributed by atoms with Crippen molar-refractivity contribution in [1.29, 1.82) is 0 Å². The Morgan fingerprint density at radius 1 is 1.29 bits per heavy atom. The van der Waals surface area contributed by atoms with Crippen LogP contribution in [-0.2, 0) is 16.0 Å². The van der Waals surface area contributed by atoms with Gasteiger partial charge in [-0.3, -0.25) is 14.4 Å². The van der Waals surface area contributed by atoms with Crippen molar-refractivity contribution in [3.8, 4) is 0 Å². The van der Waals surface area contributed by atoms with Gasteiger partial charge in [-0.1, -0.05) is 30.3 Å². The molecule has 2 aromatic rings. The van der Waals surface area contributed by atoms with Gasteiger partial charge in [0.15, 0.2) is 0 Å². The molecule has 7 nitrogen and oxygen atoms in total. The molecule has 2 aliphatic rings. The van der Waals surface area contributed by atoms with E-state index in [0.717, 1.165) is 24.6 Å². The van der Waals surface area contributed by atoms with E-state index >= 15 is 0 Å². The number of aromatic amines is 1. The number of hydrogen-bond donors (Lipinski definition) is 1. The van der Waals surface area contributed by atoms with Crippen LogP contribution < -0.4 is 5.56 Å². The van der Waals surface area contributed by atoms with E-state index in [2.05, 4.69) is 9.97 Å². The van der Waals surface area contributed by atoms with E-state index in [4.69, 9.17) is 4.74 Å². The number of nitrogens with zero attached hydrogens (tertiary/aromatic N) is 2. The molecule has 4 rings (SSSR count). The molecule has 1 aromatic heterocycles. The average Bonchev–Trinajstić information content (AvgIpc) is 3.25. The first-order valence-electron chi connectivity index (χ1n) is 9.63. The van der Waals surface area contributed by atoms with Crippen LogP contribution >= 0.6 is 0 Å². The van der Waals surface area contributed by atoms with E-state index < -0.39 is 5.41 Å². The van der Waals surface area contributed by atoms with E-state index in [-0.39, 0.29) is 35.2 Å². The monoisotopic (exact) mass is 381 g/mol. The lowest BCUT2D eigenvalue weighted by atomic mass is 9.70. The summed E-state index contributed by atoms with van der Waals surface area (Å²) in [4.78, 5) is 45.8. The van der Waals surface area contributed by atoms with Gasteiger partial charge in [0.2, 0.25) is 0 Å². The molecule has 146 valence electrons. The smallest absolute Gasteiger partial charge is 0.314 e. The lowest BCUT2D eigenvalue weighted by molar-refractivity contribution is -0.157. The molecule has 3 atom stereocenters. The Hall–Kier alpha value is -2.96. The van der Waals surface area contributed by atoms with Crippen LogP contribution in [0, 0.1) is 5.41 Å². The molecule has 2 fully saturated rings. The Bertz CT molecular complexity index is 922. The van der Waals surface area contributed by atoms with Gasteiger partial charge >= 0.3 is 5.97 Å². The second-order valence-electron chi connectivity index (χ2n) is 7.50. The van der Waals surface area contributed by atoms with Crippen LogP contribution in [0.3, 0.4) is 0 Å². The molecule has 2 bridgehead atoms. The highest BCUT2D eigenvalue weighted by Crippen LogP contribution is 2.52. The normalized spacial score (nSPS) is 25.7. The molecule has 28 heavy (non-hydrogen) atoms. The second kappa shape index (κ2) is 7.22. The topological polar surface area (TPSA) is 92.4 Å². The van der Waals surface area contributed by atoms with Crippen LogP contribution in [0.4, 0.5) is 0 Å². The number of amides is 1. The third-order valence-electron chi connectivity index (χ3n) is 5.91. The molecule has 0 saturated carbocycles. The minimum Gasteiger partial charge on any atom is -0.465 e. The van der Waals surface area contributed by atoms with Gasteiger partial charge in [0.1, 0.15) is 5.69 Å². The van der Waals surface area contributed by atoms with E-state index in [0.29, 0.717) is 19.4 Å². The molecule has 3 heterocycles. The van der Waals surface area contributed by atoms with Gasteiger partial charge in [-0.2, -0.15) is 0 Å². The first kappa shape index (κ1) is 18.4. The zero-order chi connectivity index (χ0) is 19.7. The predicted octanol–water partition coefficient (Wildman–Crippen LogP) is 1.94. The molecule has 7 heteroatoms. The highest BCUT2D eigenvalue weighted by Gasteiger charge is 2.62. The lowest BCUT2D eigenvalue weighted by Gasteiger charge is -2.35. The van der Waals surface area contributed by atoms with Crippen LogP contribution in [0.25, 0.3) is 0 Å². The van der Waals surface area contributed by atoms with Crippen molar-refractivity contribution in [2.75, 3.05) is 6.61 Å². The van der Waals surface area contributed by atoms with Crippen LogP contribution in [0.1, 0.15) is 42.2 Å². The molecular weight excluding hydrogens is 358 g/mol. The van der Waals surface area contributed by atoms with E-state index in [9.17, 15) is 14.4 Å². The standard InChI is InChI=1S/C21H23N3O4/c1-2-28-20(27)21(10-14-6-4-3-5-7-14)11-15-8-9-17(21)24(15)19(26)16-12-23-18(25)13-22-16/h3-7,12-13,15,17H,2,8-11H2,1H3,(H,23,25)/t15-,17+,21+/m1/s1. The molecule has 1 N–H and O–H groups in total. The first-order valence-corrected chi connectivity index (χ1v) is 9.63. The van der Waals surface area contributed by atoms with Gasteiger partial charge in [-0.25, -0.2) is 4.98 Å². The molecule has 0 spiro atoms. The number of fused-ring (bicyclic) bond motifs is 2. The number of ether oxygens (including phenoxy) is 1. The fraction of sp³-hybridized carbons (Fsp3) is 0.429. The van der Waals surface area contributed by atoms with E-state index in [1.165, 1.54) is 6.20 Å². The summed E-state index contributed by atoms with van der Waals surface area (Å²) in [7, 11) is 0. The minimum atomic E-state index is -0.752. The number of carbonyl (C=O) groups is 2. The van der Waals surface area contributed by atoms with Crippen molar-refractivity contribution < 1.29 is 14.3 Å². The summed E-state index contributed by atoms with van der Waals surface area (Å²) in [6.45, 7) is 2.11. The Morgan fingerprint density at radius 3 is 2.75 bits per heavy atom. The lowest BCUT2D eigenvalue weighted by Crippen LogP contribution is -2.47. The fourth-order valence-corrected chi connectivity index (χ4v) is 4.80. The maximum absolute atomic E-state index is 13.1. The van der Waals surface area contributed by atoms with Gasteiger partial charge in [-0.15, -0.1) is 0 Å². The number of carbonyl (C=O) groups excluding carboxylic acids is 2. The Morgan fingerprint density at radius 2 is 2.07 bits per heavy atom. The van der Waals surface area contributed by atoms with E-state index in [1.807, 2.05) is 30.3 Å². The van der Waals surface area contributed by atoms with Gasteiger partial charge < -0.3 is 14.6 Å². The largest absolute Gasteiger partial charge is 0.465 e. The Balaban J connectivity index is 1.68. The Kier molecular flexibility index (Phi) is 4.75. The number of hydrogen-bond acceptors (Lipinski definition) is 5. The second-order valence-corrected chi connectivity index (χ2v) is 7.50. The maximum Gasteiger partial charge on any atom is 0.314 e. The molecule has 2 aliphatic heterocycles. The molecule has 1 aromatic carbocycles. The van der Waals surface area contributed by atoms with Crippen LogP contribution in [0.2, 0.25) is 0 Å². The fourth-order valence-electron chi connectivity index (χ4n) is 4.80. The van der Waals surface area contributed by atoms with Crippen molar-refractivity contribution in [2.24, 2.45) is 5.41 Å². The van der Waals surface area contributed by atoms with Crippen LogP contribution in [-0.4, -0.2) is 45.4 Å². The van der Waals surface area contributed by atoms with Gasteiger partial charge in [0.25, 0.3) is 11.5 Å². The van der Waals surface area contributed by atoms with Crippen LogP contribution in [0.15, 0.2) is 47.5 Å². The minimum absolute atomic E-state index is 0.0284. The van der Waals surface area contributed by atoms with Crippen LogP contribution in [0.5, 0.6) is 0 Å². The summed E-state index contributed by atoms with van der Waals surface area (Å²) < 4.78 is 5.46. The molecule has 1 amide bonds. The van der Waals surface area contributed by atoms with Crippen molar-refractivity contribution in [1.82, 2.24) is 14.9 Å². The SMILES string of the molecule is CCOC(=O)[C@@]1(Cc2ccccc2)C[C@H]2CC[C@@H]1N2C(=O)c1c[nH]c(=O)cn1. The maximum atomic E-state index is 13.1. The molecule has 0 unspecified atom stereocenters. The summed E-state index contributed by atoms with van der Waals surface area (Å²) >= 11 is 0. The zero-order valence-electron chi connectivity index (χ0n) is 15.8. The molecule has 0 radical (unpaired) electrons. The number of esters is 1. The highest BCUT2D eigenvalue weighted by molar-refractivity contribution is 5.94. The third-order valence-corrected chi connectivity index (χ3v) is 5.91. The van der Waals surface area contributed by atoms with Gasteiger partial charge in [0, 0.05) is 18.3 Å². The number of nitrogens with one attached hydrogen (secondary N) is 1. The highest BCUT2D eigenvalue weighted by atomic mass is 16.5. The zero-order valence-corrected chi connectivity index (χ0v) is 15.8. The Labute approximate surface area is 162 Å².